The molecule has 28 heavy (non-hydrogen) atoms. The van der Waals surface area contributed by atoms with Gasteiger partial charge in [0.1, 0.15) is 5.75 Å². The van der Waals surface area contributed by atoms with E-state index in [4.69, 9.17) is 4.74 Å². The summed E-state index contributed by atoms with van der Waals surface area (Å²) in [6.07, 6.45) is 2.53. The van der Waals surface area contributed by atoms with Crippen molar-refractivity contribution < 1.29 is 13.5 Å². The fourth-order valence-corrected chi connectivity index (χ4v) is 4.18. The summed E-state index contributed by atoms with van der Waals surface area (Å²) >= 11 is 0. The van der Waals surface area contributed by atoms with Crippen molar-refractivity contribution >= 4 is 11.4 Å². The Balaban J connectivity index is 1.46. The summed E-state index contributed by atoms with van der Waals surface area (Å²) in [4.78, 5) is 4.84. The van der Waals surface area contributed by atoms with Crippen LogP contribution in [-0.4, -0.2) is 69.8 Å². The van der Waals surface area contributed by atoms with Crippen LogP contribution in [0.3, 0.4) is 0 Å². The third kappa shape index (κ3) is 4.69. The second-order valence-electron chi connectivity index (χ2n) is 8.30. The molecule has 0 bridgehead atoms. The first-order valence-electron chi connectivity index (χ1n) is 10.6. The van der Waals surface area contributed by atoms with Gasteiger partial charge in [0.25, 0.3) is 5.92 Å². The summed E-state index contributed by atoms with van der Waals surface area (Å²) in [5.74, 6) is -2.49. The fraction of sp³-hybridized carbons (Fsp3) is 0.714. The molecule has 0 amide bonds. The zero-order valence-electron chi connectivity index (χ0n) is 16.8. The lowest BCUT2D eigenvalue weighted by Gasteiger charge is -2.32. The van der Waals surface area contributed by atoms with E-state index in [0.717, 1.165) is 50.6 Å². The van der Waals surface area contributed by atoms with Crippen LogP contribution in [-0.2, 0) is 0 Å². The van der Waals surface area contributed by atoms with Gasteiger partial charge in [-0.1, -0.05) is 0 Å². The van der Waals surface area contributed by atoms with Crippen molar-refractivity contribution in [3.63, 3.8) is 0 Å². The van der Waals surface area contributed by atoms with E-state index in [-0.39, 0.29) is 13.0 Å². The van der Waals surface area contributed by atoms with E-state index in [1.165, 1.54) is 31.5 Å². The zero-order chi connectivity index (χ0) is 19.6. The Labute approximate surface area is 166 Å². The Bertz CT molecular complexity index is 673. The van der Waals surface area contributed by atoms with Gasteiger partial charge in [0.05, 0.1) is 12.5 Å². The van der Waals surface area contributed by atoms with E-state index >= 15 is 0 Å². The maximum absolute atomic E-state index is 13.2. The molecule has 2 heterocycles. The molecule has 1 unspecified atom stereocenters. The van der Waals surface area contributed by atoms with Crippen LogP contribution in [0.25, 0.3) is 0 Å². The summed E-state index contributed by atoms with van der Waals surface area (Å²) in [5, 5.41) is 6.95. The van der Waals surface area contributed by atoms with Gasteiger partial charge in [0.15, 0.2) is 0 Å². The van der Waals surface area contributed by atoms with Crippen LogP contribution in [0.1, 0.15) is 24.8 Å². The number of ether oxygens (including phenoxy) is 1. The lowest BCUT2D eigenvalue weighted by atomic mass is 10.1. The summed E-state index contributed by atoms with van der Waals surface area (Å²) < 4.78 is 32.2. The molecule has 7 heteroatoms. The van der Waals surface area contributed by atoms with Gasteiger partial charge in [-0.15, -0.1) is 0 Å². The zero-order valence-corrected chi connectivity index (χ0v) is 16.8. The Hall–Kier alpha value is -1.60. The topological polar surface area (TPSA) is 39.8 Å². The molecule has 0 radical (unpaired) electrons. The van der Waals surface area contributed by atoms with E-state index in [1.54, 1.807) is 0 Å². The summed E-state index contributed by atoms with van der Waals surface area (Å²) in [6.45, 7) is 10.3. The number of hydrogen-bond donors (Lipinski definition) is 2. The van der Waals surface area contributed by atoms with Gasteiger partial charge in [-0.3, -0.25) is 0 Å². The van der Waals surface area contributed by atoms with Crippen LogP contribution in [0.2, 0.25) is 0 Å². The number of benzene rings is 1. The van der Waals surface area contributed by atoms with Crippen LogP contribution in [0.5, 0.6) is 5.75 Å². The molecule has 3 fully saturated rings. The fourth-order valence-electron chi connectivity index (χ4n) is 4.18. The average Bonchev–Trinajstić information content (AvgIpc) is 3.06. The van der Waals surface area contributed by atoms with Gasteiger partial charge in [0, 0.05) is 69.2 Å². The van der Waals surface area contributed by atoms with Gasteiger partial charge >= 0.3 is 0 Å². The van der Waals surface area contributed by atoms with Crippen molar-refractivity contribution in [2.24, 2.45) is 5.92 Å². The van der Waals surface area contributed by atoms with Crippen LogP contribution >= 0.6 is 0 Å². The van der Waals surface area contributed by atoms with Gasteiger partial charge in [-0.2, -0.15) is 0 Å². The van der Waals surface area contributed by atoms with E-state index in [9.17, 15) is 8.78 Å². The van der Waals surface area contributed by atoms with E-state index in [0.29, 0.717) is 5.75 Å². The Morgan fingerprint density at radius 2 is 1.89 bits per heavy atom. The molecule has 0 aromatic heterocycles. The van der Waals surface area contributed by atoms with E-state index in [1.807, 2.05) is 12.1 Å². The van der Waals surface area contributed by atoms with Gasteiger partial charge in [0.2, 0.25) is 0 Å². The summed E-state index contributed by atoms with van der Waals surface area (Å²) in [6, 6.07) is 4.00. The molecule has 1 atom stereocenters. The molecule has 5 nitrogen and oxygen atoms in total. The predicted octanol–water partition coefficient (Wildman–Crippen LogP) is 2.95. The number of halogens is 2. The van der Waals surface area contributed by atoms with Crippen LogP contribution in [0, 0.1) is 12.8 Å². The summed E-state index contributed by atoms with van der Waals surface area (Å²) in [5.41, 5.74) is 3.39. The van der Waals surface area contributed by atoms with E-state index in [2.05, 4.69) is 27.4 Å². The third-order valence-electron chi connectivity index (χ3n) is 6.16. The van der Waals surface area contributed by atoms with Crippen LogP contribution < -0.4 is 20.3 Å². The second kappa shape index (κ2) is 8.41. The van der Waals surface area contributed by atoms with Crippen LogP contribution in [0.15, 0.2) is 12.1 Å². The van der Waals surface area contributed by atoms with Crippen molar-refractivity contribution in [1.29, 1.82) is 0 Å². The minimum absolute atomic E-state index is 0.0511. The summed E-state index contributed by atoms with van der Waals surface area (Å²) in [7, 11) is 0. The number of anilines is 2. The molecule has 4 rings (SSSR count). The minimum atomic E-state index is -2.54. The molecule has 156 valence electrons. The maximum Gasteiger partial charge on any atom is 0.255 e. The van der Waals surface area contributed by atoms with Crippen molar-refractivity contribution in [1.82, 2.24) is 10.2 Å². The predicted molar refractivity (Wildman–Crippen MR) is 109 cm³/mol. The Morgan fingerprint density at radius 3 is 2.57 bits per heavy atom. The van der Waals surface area contributed by atoms with E-state index < -0.39 is 11.8 Å². The third-order valence-corrected chi connectivity index (χ3v) is 6.16. The number of likely N-dealkylation sites (tertiary alicyclic amines) is 1. The second-order valence-corrected chi connectivity index (χ2v) is 8.30. The number of rotatable bonds is 8. The molecule has 1 saturated carbocycles. The average molecular weight is 395 g/mol. The first-order valence-corrected chi connectivity index (χ1v) is 10.6. The van der Waals surface area contributed by atoms with Crippen molar-refractivity contribution in [3.05, 3.63) is 17.7 Å². The number of nitrogens with one attached hydrogen (secondary N) is 2. The first-order chi connectivity index (χ1) is 13.5. The molecule has 2 aliphatic heterocycles. The van der Waals surface area contributed by atoms with Crippen molar-refractivity contribution in [2.75, 3.05) is 69.2 Å². The molecular formula is C21H32F2N4O. The number of nitrogens with zero attached hydrogens (tertiary/aromatic N) is 2. The van der Waals surface area contributed by atoms with Crippen LogP contribution in [0.4, 0.5) is 20.2 Å². The monoisotopic (exact) mass is 394 g/mol. The largest absolute Gasteiger partial charge is 0.493 e. The molecular weight excluding hydrogens is 362 g/mol. The van der Waals surface area contributed by atoms with Gasteiger partial charge < -0.3 is 25.2 Å². The highest BCUT2D eigenvalue weighted by molar-refractivity contribution is 5.69. The first kappa shape index (κ1) is 19.7. The molecule has 1 aliphatic carbocycles. The van der Waals surface area contributed by atoms with Gasteiger partial charge in [-0.05, 0) is 38.4 Å². The molecule has 3 aliphatic rings. The van der Waals surface area contributed by atoms with Gasteiger partial charge in [-0.25, -0.2) is 8.78 Å². The molecule has 1 aromatic carbocycles. The number of alkyl halides is 2. The molecule has 2 saturated heterocycles. The molecule has 2 N–H and O–H groups in total. The lowest BCUT2D eigenvalue weighted by Crippen LogP contribution is -2.43. The molecule has 0 spiro atoms. The SMILES string of the molecule is Cc1c(NCCN2CCCC2)cc(OCC2CC2(F)F)cc1N1CCNCC1. The smallest absolute Gasteiger partial charge is 0.255 e. The maximum atomic E-state index is 13.2. The minimum Gasteiger partial charge on any atom is -0.493 e. The normalized spacial score (nSPS) is 24.4. The standard InChI is InChI=1S/C21H32F2N4O/c1-16-19(25-6-9-26-7-2-3-8-26)12-18(28-15-17-14-21(17,22)23)13-20(16)27-10-4-24-5-11-27/h12-13,17,24-25H,2-11,14-15H2,1H3. The number of piperazine rings is 1. The molecule has 1 aromatic rings. The Morgan fingerprint density at radius 1 is 1.18 bits per heavy atom. The van der Waals surface area contributed by atoms with Crippen molar-refractivity contribution in [3.8, 4) is 5.75 Å². The highest BCUT2D eigenvalue weighted by Gasteiger charge is 2.57. The lowest BCUT2D eigenvalue weighted by molar-refractivity contribution is 0.0856. The quantitative estimate of drug-likeness (QED) is 0.710. The highest BCUT2D eigenvalue weighted by Crippen LogP contribution is 2.48. The highest BCUT2D eigenvalue weighted by atomic mass is 19.3. The van der Waals surface area contributed by atoms with Crippen molar-refractivity contribution in [2.45, 2.75) is 32.1 Å². The number of hydrogen-bond acceptors (Lipinski definition) is 5. The Kier molecular flexibility index (Phi) is 5.92.